The second-order valence-corrected chi connectivity index (χ2v) is 9.28. The maximum absolute atomic E-state index is 12.2. The zero-order valence-corrected chi connectivity index (χ0v) is 18.7. The molecule has 0 aliphatic heterocycles. The molecule has 6 heteroatoms. The van der Waals surface area contributed by atoms with E-state index in [9.17, 15) is 14.3 Å². The van der Waals surface area contributed by atoms with Crippen LogP contribution >= 0.6 is 7.60 Å². The van der Waals surface area contributed by atoms with Crippen molar-refractivity contribution in [1.29, 1.82) is 0 Å². The number of rotatable bonds is 14. The molecule has 164 valence electrons. The molecule has 5 nitrogen and oxygen atoms in total. The van der Waals surface area contributed by atoms with Gasteiger partial charge in [-0.25, -0.2) is 9.36 Å². The van der Waals surface area contributed by atoms with E-state index >= 15 is 0 Å². The predicted molar refractivity (Wildman–Crippen MR) is 120 cm³/mol. The number of hydrogen-bond acceptors (Lipinski definition) is 4. The van der Waals surface area contributed by atoms with Crippen molar-refractivity contribution < 1.29 is 23.5 Å². The summed E-state index contributed by atoms with van der Waals surface area (Å²) in [5.74, 6) is -0.141. The van der Waals surface area contributed by atoms with Crippen LogP contribution in [0.1, 0.15) is 74.2 Å². The summed E-state index contributed by atoms with van der Waals surface area (Å²) in [5, 5.41) is 0. The van der Waals surface area contributed by atoms with Gasteiger partial charge in [-0.05, 0) is 36.2 Å². The van der Waals surface area contributed by atoms with Crippen molar-refractivity contribution in [3.05, 3.63) is 65.7 Å². The monoisotopic (exact) mass is 432 g/mol. The smallest absolute Gasteiger partial charge is 0.383 e. The molecule has 30 heavy (non-hydrogen) atoms. The Hall–Kier alpha value is -2.10. The third-order valence-corrected chi connectivity index (χ3v) is 6.02. The fourth-order valence-corrected chi connectivity index (χ4v) is 4.24. The first kappa shape index (κ1) is 24.2. The molecule has 0 spiro atoms. The lowest BCUT2D eigenvalue weighted by molar-refractivity contribution is 0.0716. The quantitative estimate of drug-likeness (QED) is 0.264. The van der Waals surface area contributed by atoms with Crippen molar-refractivity contribution in [3.63, 3.8) is 0 Å². The molecule has 2 aromatic carbocycles. The number of ether oxygens (including phenoxy) is 1. The Morgan fingerprint density at radius 2 is 1.47 bits per heavy atom. The third-order valence-electron chi connectivity index (χ3n) is 4.81. The molecule has 0 aliphatic rings. The Balaban J connectivity index is 1.69. The van der Waals surface area contributed by atoms with E-state index < -0.39 is 13.6 Å². The summed E-state index contributed by atoms with van der Waals surface area (Å²) in [6.45, 7) is 2.87. The average molecular weight is 432 g/mol. The van der Waals surface area contributed by atoms with Gasteiger partial charge in [0, 0.05) is 0 Å². The van der Waals surface area contributed by atoms with Crippen LogP contribution in [0.5, 0.6) is 5.75 Å². The highest BCUT2D eigenvalue weighted by Crippen LogP contribution is 2.46. The van der Waals surface area contributed by atoms with Crippen LogP contribution in [0.3, 0.4) is 0 Å². The van der Waals surface area contributed by atoms with Crippen LogP contribution in [0.2, 0.25) is 0 Å². The van der Waals surface area contributed by atoms with E-state index in [1.54, 1.807) is 48.5 Å². The minimum absolute atomic E-state index is 0.209. The lowest BCUT2D eigenvalue weighted by atomic mass is 10.1. The summed E-state index contributed by atoms with van der Waals surface area (Å²) in [6.07, 6.45) is 9.73. The second kappa shape index (κ2) is 13.3. The van der Waals surface area contributed by atoms with Crippen molar-refractivity contribution in [2.45, 2.75) is 64.5 Å². The first-order valence-electron chi connectivity index (χ1n) is 10.8. The summed E-state index contributed by atoms with van der Waals surface area (Å²) in [7, 11) is -4.07. The van der Waals surface area contributed by atoms with E-state index in [-0.39, 0.29) is 11.7 Å². The van der Waals surface area contributed by atoms with Crippen LogP contribution in [0.25, 0.3) is 0 Å². The van der Waals surface area contributed by atoms with Gasteiger partial charge < -0.3 is 14.2 Å². The lowest BCUT2D eigenvalue weighted by Gasteiger charge is -2.12. The normalized spacial score (nSPS) is 12.9. The molecule has 2 rings (SSSR count). The summed E-state index contributed by atoms with van der Waals surface area (Å²) in [5.41, 5.74) is 0.859. The maximum atomic E-state index is 12.2. The average Bonchev–Trinajstić information content (AvgIpc) is 2.73. The number of carbonyl (C=O) groups is 1. The fraction of sp³-hybridized carbons (Fsp3) is 0.458. The van der Waals surface area contributed by atoms with Gasteiger partial charge in [-0.3, -0.25) is 0 Å². The molecule has 1 unspecified atom stereocenters. The van der Waals surface area contributed by atoms with Crippen molar-refractivity contribution >= 4 is 13.6 Å². The highest BCUT2D eigenvalue weighted by atomic mass is 31.2. The predicted octanol–water partition coefficient (Wildman–Crippen LogP) is 6.75. The molecule has 0 saturated carbocycles. The molecular formula is C24H33O5P. The van der Waals surface area contributed by atoms with Gasteiger partial charge in [-0.1, -0.05) is 82.2 Å². The van der Waals surface area contributed by atoms with Crippen molar-refractivity contribution in [2.24, 2.45) is 0 Å². The van der Waals surface area contributed by atoms with Crippen molar-refractivity contribution in [3.8, 4) is 5.75 Å². The van der Waals surface area contributed by atoms with E-state index in [4.69, 9.17) is 9.26 Å². The van der Waals surface area contributed by atoms with Gasteiger partial charge in [-0.15, -0.1) is 0 Å². The van der Waals surface area contributed by atoms with E-state index in [0.29, 0.717) is 17.9 Å². The molecule has 0 radical (unpaired) electrons. The summed E-state index contributed by atoms with van der Waals surface area (Å²) < 4.78 is 22.8. The van der Waals surface area contributed by atoms with Crippen LogP contribution in [0, 0.1) is 0 Å². The molecule has 0 amide bonds. The van der Waals surface area contributed by atoms with Gasteiger partial charge in [0.05, 0.1) is 18.3 Å². The number of benzene rings is 2. The molecular weight excluding hydrogens is 399 g/mol. The Bertz CT molecular complexity index is 789. The van der Waals surface area contributed by atoms with Gasteiger partial charge in [0.1, 0.15) is 5.75 Å². The summed E-state index contributed by atoms with van der Waals surface area (Å²) >= 11 is 0. The molecule has 0 heterocycles. The lowest BCUT2D eigenvalue weighted by Crippen LogP contribution is -2.05. The van der Waals surface area contributed by atoms with E-state index in [2.05, 4.69) is 6.92 Å². The Morgan fingerprint density at radius 1 is 0.867 bits per heavy atom. The Morgan fingerprint density at radius 3 is 2.10 bits per heavy atom. The van der Waals surface area contributed by atoms with Crippen molar-refractivity contribution in [2.75, 3.05) is 6.61 Å². The van der Waals surface area contributed by atoms with Gasteiger partial charge >= 0.3 is 13.6 Å². The first-order valence-corrected chi connectivity index (χ1v) is 12.6. The Kier molecular flexibility index (Phi) is 10.7. The van der Waals surface area contributed by atoms with Crippen LogP contribution in [0.4, 0.5) is 0 Å². The summed E-state index contributed by atoms with van der Waals surface area (Å²) in [4.78, 5) is 22.2. The van der Waals surface area contributed by atoms with E-state index in [0.717, 1.165) is 12.8 Å². The fourth-order valence-electron chi connectivity index (χ4n) is 3.14. The Labute approximate surface area is 180 Å². The van der Waals surface area contributed by atoms with Crippen LogP contribution in [-0.4, -0.2) is 17.5 Å². The highest BCUT2D eigenvalue weighted by Gasteiger charge is 2.25. The second-order valence-electron chi connectivity index (χ2n) is 7.51. The van der Waals surface area contributed by atoms with E-state index in [1.165, 1.54) is 38.5 Å². The highest BCUT2D eigenvalue weighted by molar-refractivity contribution is 7.52. The molecule has 0 saturated heterocycles. The van der Waals surface area contributed by atoms with Gasteiger partial charge in [-0.2, -0.15) is 0 Å². The largest absolute Gasteiger partial charge is 0.494 e. The van der Waals surface area contributed by atoms with Crippen LogP contribution < -0.4 is 4.74 Å². The standard InChI is InChI=1S/C24H33O5P/c1-2-3-4-5-6-7-8-12-19-28-23-17-15-22(16-18-23)24(25)29-30(26,27)20-21-13-10-9-11-14-21/h9-11,13-18H,2-8,12,19-20H2,1H3,(H,26,27). The first-order chi connectivity index (χ1) is 14.5. The molecule has 0 fully saturated rings. The molecule has 1 atom stereocenters. The molecule has 2 aromatic rings. The van der Waals surface area contributed by atoms with Crippen LogP contribution in [-0.2, 0) is 15.3 Å². The van der Waals surface area contributed by atoms with Crippen molar-refractivity contribution in [1.82, 2.24) is 0 Å². The zero-order chi connectivity index (χ0) is 21.7. The third kappa shape index (κ3) is 9.60. The molecule has 0 aliphatic carbocycles. The maximum Gasteiger partial charge on any atom is 0.383 e. The topological polar surface area (TPSA) is 72.8 Å². The molecule has 0 aromatic heterocycles. The number of hydrogen-bond donors (Lipinski definition) is 1. The molecule has 1 N–H and O–H groups in total. The molecule has 0 bridgehead atoms. The van der Waals surface area contributed by atoms with E-state index in [1.807, 2.05) is 6.07 Å². The zero-order valence-electron chi connectivity index (χ0n) is 17.8. The van der Waals surface area contributed by atoms with Gasteiger partial charge in [0.2, 0.25) is 0 Å². The number of carbonyl (C=O) groups excluding carboxylic acids is 1. The minimum atomic E-state index is -4.07. The summed E-state index contributed by atoms with van der Waals surface area (Å²) in [6, 6.07) is 15.2. The SMILES string of the molecule is CCCCCCCCCCOc1ccc(C(=O)OP(=O)(O)Cc2ccccc2)cc1. The van der Waals surface area contributed by atoms with Gasteiger partial charge in [0.15, 0.2) is 0 Å². The van der Waals surface area contributed by atoms with Gasteiger partial charge in [0.25, 0.3) is 0 Å². The van der Waals surface area contributed by atoms with Crippen LogP contribution in [0.15, 0.2) is 54.6 Å². The minimum Gasteiger partial charge on any atom is -0.494 e. The number of unbranched alkanes of at least 4 members (excludes halogenated alkanes) is 7.